The molecule has 0 radical (unpaired) electrons. The van der Waals surface area contributed by atoms with Crippen LogP contribution in [0, 0.1) is 13.8 Å². The van der Waals surface area contributed by atoms with Gasteiger partial charge in [0.2, 0.25) is 0 Å². The Morgan fingerprint density at radius 1 is 1.15 bits per heavy atom. The minimum absolute atomic E-state index is 0.00758. The monoisotopic (exact) mass is 400 g/mol. The quantitative estimate of drug-likeness (QED) is 0.512. The summed E-state index contributed by atoms with van der Waals surface area (Å²) in [6.07, 6.45) is 0. The molecule has 140 valence electrons. The molecule has 4 nitrogen and oxygen atoms in total. The van der Waals surface area contributed by atoms with Crippen molar-refractivity contribution in [3.8, 4) is 0 Å². The fourth-order valence-corrected chi connectivity index (χ4v) is 4.09. The molecule has 0 aliphatic heterocycles. The number of carbonyl (C=O) groups excluding carboxylic acids is 1. The lowest BCUT2D eigenvalue weighted by Gasteiger charge is -2.19. The standard InChI is InChI=1S/C21H21ClN2O2S/c1-14-19(15(2)26-23-14)13-27-20-7-5-4-6-18(20)21(25)24(3)12-16-8-10-17(22)11-9-16/h4-11H,12-13H2,1-3H3. The van der Waals surface area contributed by atoms with E-state index in [-0.39, 0.29) is 5.91 Å². The summed E-state index contributed by atoms with van der Waals surface area (Å²) >= 11 is 7.55. The predicted octanol–water partition coefficient (Wildman–Crippen LogP) is 5.51. The second kappa shape index (κ2) is 8.63. The van der Waals surface area contributed by atoms with Gasteiger partial charge in [0.05, 0.1) is 11.3 Å². The molecule has 2 aromatic carbocycles. The van der Waals surface area contributed by atoms with Crippen molar-refractivity contribution in [3.05, 3.63) is 81.7 Å². The molecule has 1 aromatic heterocycles. The lowest BCUT2D eigenvalue weighted by atomic mass is 10.1. The van der Waals surface area contributed by atoms with Gasteiger partial charge in [0.15, 0.2) is 0 Å². The molecule has 1 heterocycles. The maximum atomic E-state index is 13.0. The Hall–Kier alpha value is -2.24. The molecule has 0 N–H and O–H groups in total. The van der Waals surface area contributed by atoms with Gasteiger partial charge in [-0.3, -0.25) is 4.79 Å². The van der Waals surface area contributed by atoms with E-state index >= 15 is 0 Å². The van der Waals surface area contributed by atoms with Crippen LogP contribution >= 0.6 is 23.4 Å². The molecule has 1 amide bonds. The van der Waals surface area contributed by atoms with Crippen molar-refractivity contribution in [2.45, 2.75) is 31.0 Å². The molecule has 0 unspecified atom stereocenters. The zero-order chi connectivity index (χ0) is 19.4. The Bertz CT molecular complexity index is 918. The minimum Gasteiger partial charge on any atom is -0.361 e. The van der Waals surface area contributed by atoms with Crippen LogP contribution in [-0.4, -0.2) is 23.0 Å². The third kappa shape index (κ3) is 4.73. The molecule has 27 heavy (non-hydrogen) atoms. The van der Waals surface area contributed by atoms with Crippen LogP contribution in [0.3, 0.4) is 0 Å². The van der Waals surface area contributed by atoms with E-state index in [0.29, 0.717) is 22.9 Å². The number of carbonyl (C=O) groups is 1. The van der Waals surface area contributed by atoms with Crippen molar-refractivity contribution in [2.24, 2.45) is 0 Å². The van der Waals surface area contributed by atoms with Crippen LogP contribution in [0.25, 0.3) is 0 Å². The average molecular weight is 401 g/mol. The first-order valence-corrected chi connectivity index (χ1v) is 9.95. The molecule has 0 aliphatic rings. The van der Waals surface area contributed by atoms with Crippen LogP contribution in [-0.2, 0) is 12.3 Å². The van der Waals surface area contributed by atoms with Crippen molar-refractivity contribution in [1.82, 2.24) is 10.1 Å². The van der Waals surface area contributed by atoms with E-state index in [0.717, 1.165) is 27.5 Å². The van der Waals surface area contributed by atoms with Gasteiger partial charge in [0.25, 0.3) is 5.91 Å². The number of benzene rings is 2. The first-order valence-electron chi connectivity index (χ1n) is 8.59. The molecule has 0 fully saturated rings. The zero-order valence-electron chi connectivity index (χ0n) is 15.5. The van der Waals surface area contributed by atoms with Gasteiger partial charge in [-0.15, -0.1) is 11.8 Å². The Kier molecular flexibility index (Phi) is 6.24. The van der Waals surface area contributed by atoms with E-state index in [9.17, 15) is 4.79 Å². The highest BCUT2D eigenvalue weighted by Gasteiger charge is 2.17. The Balaban J connectivity index is 1.74. The summed E-state index contributed by atoms with van der Waals surface area (Å²) in [5.74, 6) is 1.53. The molecule has 3 rings (SSSR count). The molecule has 0 bridgehead atoms. The largest absolute Gasteiger partial charge is 0.361 e. The van der Waals surface area contributed by atoms with Gasteiger partial charge in [-0.25, -0.2) is 0 Å². The molecule has 6 heteroatoms. The van der Waals surface area contributed by atoms with Gasteiger partial charge in [-0.1, -0.05) is 41.0 Å². The predicted molar refractivity (Wildman–Crippen MR) is 109 cm³/mol. The third-order valence-corrected chi connectivity index (χ3v) is 5.70. The molecule has 0 spiro atoms. The van der Waals surface area contributed by atoms with E-state index in [1.165, 1.54) is 0 Å². The summed E-state index contributed by atoms with van der Waals surface area (Å²) in [5.41, 5.74) is 3.71. The van der Waals surface area contributed by atoms with Crippen LogP contribution in [0.5, 0.6) is 0 Å². The third-order valence-electron chi connectivity index (χ3n) is 4.35. The Labute approximate surface area is 168 Å². The lowest BCUT2D eigenvalue weighted by molar-refractivity contribution is 0.0781. The minimum atomic E-state index is -0.00758. The number of hydrogen-bond acceptors (Lipinski definition) is 4. The highest BCUT2D eigenvalue weighted by molar-refractivity contribution is 7.98. The van der Waals surface area contributed by atoms with Gasteiger partial charge >= 0.3 is 0 Å². The summed E-state index contributed by atoms with van der Waals surface area (Å²) in [4.78, 5) is 15.7. The molecule has 0 saturated carbocycles. The maximum Gasteiger partial charge on any atom is 0.255 e. The smallest absolute Gasteiger partial charge is 0.255 e. The number of hydrogen-bond donors (Lipinski definition) is 0. The average Bonchev–Trinajstić information content (AvgIpc) is 2.99. The number of halogens is 1. The number of rotatable bonds is 6. The fourth-order valence-electron chi connectivity index (χ4n) is 2.77. The van der Waals surface area contributed by atoms with Gasteiger partial charge < -0.3 is 9.42 Å². The molecule has 0 atom stereocenters. The van der Waals surface area contributed by atoms with Crippen molar-refractivity contribution in [3.63, 3.8) is 0 Å². The van der Waals surface area contributed by atoms with Crippen molar-refractivity contribution in [1.29, 1.82) is 0 Å². The van der Waals surface area contributed by atoms with Gasteiger partial charge in [0, 0.05) is 34.8 Å². The van der Waals surface area contributed by atoms with Crippen LogP contribution in [0.1, 0.15) is 32.9 Å². The molecular weight excluding hydrogens is 380 g/mol. The Morgan fingerprint density at radius 3 is 2.52 bits per heavy atom. The second-order valence-electron chi connectivity index (χ2n) is 6.38. The van der Waals surface area contributed by atoms with Crippen molar-refractivity contribution >= 4 is 29.3 Å². The number of thioether (sulfide) groups is 1. The van der Waals surface area contributed by atoms with Crippen molar-refractivity contribution in [2.75, 3.05) is 7.05 Å². The van der Waals surface area contributed by atoms with Crippen LogP contribution < -0.4 is 0 Å². The van der Waals surface area contributed by atoms with Crippen LogP contribution in [0.15, 0.2) is 57.9 Å². The van der Waals surface area contributed by atoms with E-state index in [1.807, 2.05) is 69.4 Å². The lowest BCUT2D eigenvalue weighted by Crippen LogP contribution is -2.26. The summed E-state index contributed by atoms with van der Waals surface area (Å²) in [7, 11) is 1.81. The van der Waals surface area contributed by atoms with Crippen molar-refractivity contribution < 1.29 is 9.32 Å². The first kappa shape index (κ1) is 19.5. The van der Waals surface area contributed by atoms with E-state index in [4.69, 9.17) is 16.1 Å². The number of amides is 1. The molecular formula is C21H21ClN2O2S. The fraction of sp³-hybridized carbons (Fsp3) is 0.238. The van der Waals surface area contributed by atoms with E-state index in [2.05, 4.69) is 5.16 Å². The Morgan fingerprint density at radius 2 is 1.85 bits per heavy atom. The zero-order valence-corrected chi connectivity index (χ0v) is 17.1. The SMILES string of the molecule is Cc1noc(C)c1CSc1ccccc1C(=O)N(C)Cc1ccc(Cl)cc1. The highest BCUT2D eigenvalue weighted by Crippen LogP contribution is 2.29. The molecule has 0 aliphatic carbocycles. The highest BCUT2D eigenvalue weighted by atomic mass is 35.5. The topological polar surface area (TPSA) is 46.3 Å². The first-order chi connectivity index (χ1) is 13.0. The van der Waals surface area contributed by atoms with Gasteiger partial charge in [0.1, 0.15) is 5.76 Å². The normalized spacial score (nSPS) is 10.8. The van der Waals surface area contributed by atoms with Gasteiger partial charge in [-0.05, 0) is 43.7 Å². The van der Waals surface area contributed by atoms with E-state index in [1.54, 1.807) is 16.7 Å². The van der Waals surface area contributed by atoms with Crippen LogP contribution in [0.2, 0.25) is 5.02 Å². The molecule has 0 saturated heterocycles. The summed E-state index contributed by atoms with van der Waals surface area (Å²) in [5, 5.41) is 4.68. The number of aromatic nitrogens is 1. The second-order valence-corrected chi connectivity index (χ2v) is 7.83. The summed E-state index contributed by atoms with van der Waals surface area (Å²) in [6.45, 7) is 4.37. The number of aryl methyl sites for hydroxylation is 2. The van der Waals surface area contributed by atoms with Crippen LogP contribution in [0.4, 0.5) is 0 Å². The van der Waals surface area contributed by atoms with E-state index < -0.39 is 0 Å². The van der Waals surface area contributed by atoms with Gasteiger partial charge in [-0.2, -0.15) is 0 Å². The maximum absolute atomic E-state index is 13.0. The molecule has 3 aromatic rings. The summed E-state index contributed by atoms with van der Waals surface area (Å²) in [6, 6.07) is 15.2. The summed E-state index contributed by atoms with van der Waals surface area (Å²) < 4.78 is 5.23. The number of nitrogens with zero attached hydrogens (tertiary/aromatic N) is 2.